The Balaban J connectivity index is 1.55. The van der Waals surface area contributed by atoms with E-state index in [1.807, 2.05) is 42.5 Å². The number of aromatic amines is 1. The highest BCUT2D eigenvalue weighted by Gasteiger charge is 2.44. The van der Waals surface area contributed by atoms with Gasteiger partial charge in [0.05, 0.1) is 37.5 Å². The minimum absolute atomic E-state index is 0.0150. The number of aliphatic hydroxyl groups is 1. The fourth-order valence-electron chi connectivity index (χ4n) is 6.97. The highest BCUT2D eigenvalue weighted by molar-refractivity contribution is 6.01. The molecule has 0 unspecified atom stereocenters. The van der Waals surface area contributed by atoms with Crippen molar-refractivity contribution in [3.05, 3.63) is 66.2 Å². The van der Waals surface area contributed by atoms with Gasteiger partial charge in [0.15, 0.2) is 6.10 Å². The number of hydrogen-bond donors (Lipinski definition) is 4. The molecule has 3 aromatic rings. The van der Waals surface area contributed by atoms with Crippen molar-refractivity contribution in [3.63, 3.8) is 0 Å². The Hall–Kier alpha value is -4.13. The van der Waals surface area contributed by atoms with Gasteiger partial charge in [0, 0.05) is 37.8 Å². The van der Waals surface area contributed by atoms with Crippen molar-refractivity contribution < 1.29 is 34.1 Å². The van der Waals surface area contributed by atoms with E-state index in [0.717, 1.165) is 53.3 Å². The first-order chi connectivity index (χ1) is 22.7. The van der Waals surface area contributed by atoms with Crippen LogP contribution in [0, 0.1) is 11.8 Å². The van der Waals surface area contributed by atoms with E-state index in [1.165, 1.54) is 12.5 Å². The average Bonchev–Trinajstić information content (AvgIpc) is 3.61. The van der Waals surface area contributed by atoms with Crippen LogP contribution in [0.2, 0.25) is 0 Å². The highest BCUT2D eigenvalue weighted by atomic mass is 16.5. The zero-order valence-corrected chi connectivity index (χ0v) is 26.6. The fourth-order valence-corrected chi connectivity index (χ4v) is 6.97. The lowest BCUT2D eigenvalue weighted by Gasteiger charge is -2.38. The van der Waals surface area contributed by atoms with Crippen molar-refractivity contribution in [3.8, 4) is 0 Å². The quantitative estimate of drug-likeness (QED) is 0.217. The molecule has 252 valence electrons. The SMILES string of the molecule is N[C@@H](Cc1cnc[nH]1)C(=O)N(C(=O)[C@@H](CC(=O)N1CCOCC1)Cc1cccc2ccccc12)[C@@H](CC1CCCCC1)[C@@H](O)C(=O)O. The lowest BCUT2D eigenvalue weighted by Crippen LogP contribution is -2.59. The Labute approximate surface area is 274 Å². The summed E-state index contributed by atoms with van der Waals surface area (Å²) < 4.78 is 5.42. The first-order valence-corrected chi connectivity index (χ1v) is 16.6. The molecule has 1 aromatic heterocycles. The van der Waals surface area contributed by atoms with Gasteiger partial charge >= 0.3 is 5.97 Å². The summed E-state index contributed by atoms with van der Waals surface area (Å²) in [5.74, 6) is -4.33. The summed E-state index contributed by atoms with van der Waals surface area (Å²) in [5.41, 5.74) is 7.81. The molecule has 1 aliphatic heterocycles. The third kappa shape index (κ3) is 8.62. The van der Waals surface area contributed by atoms with Crippen molar-refractivity contribution in [2.75, 3.05) is 26.3 Å². The van der Waals surface area contributed by atoms with Gasteiger partial charge in [-0.15, -0.1) is 0 Å². The number of benzene rings is 2. The number of rotatable bonds is 13. The highest BCUT2D eigenvalue weighted by Crippen LogP contribution is 2.32. The van der Waals surface area contributed by atoms with Crippen molar-refractivity contribution in [2.24, 2.45) is 17.6 Å². The van der Waals surface area contributed by atoms with Gasteiger partial charge in [0.2, 0.25) is 17.7 Å². The Morgan fingerprint density at radius 1 is 1.00 bits per heavy atom. The van der Waals surface area contributed by atoms with Gasteiger partial charge in [-0.05, 0) is 35.1 Å². The van der Waals surface area contributed by atoms with E-state index in [2.05, 4.69) is 9.97 Å². The van der Waals surface area contributed by atoms with Crippen LogP contribution in [0.4, 0.5) is 0 Å². The zero-order chi connectivity index (χ0) is 33.3. The van der Waals surface area contributed by atoms with E-state index < -0.39 is 41.9 Å². The summed E-state index contributed by atoms with van der Waals surface area (Å²) in [6, 6.07) is 10.9. The van der Waals surface area contributed by atoms with Crippen LogP contribution in [0.25, 0.3) is 10.8 Å². The second-order valence-corrected chi connectivity index (χ2v) is 12.8. The summed E-state index contributed by atoms with van der Waals surface area (Å²) >= 11 is 0. The summed E-state index contributed by atoms with van der Waals surface area (Å²) in [7, 11) is 0. The van der Waals surface area contributed by atoms with Crippen LogP contribution >= 0.6 is 0 Å². The molecule has 1 saturated heterocycles. The Bertz CT molecular complexity index is 1510. The molecule has 5 N–H and O–H groups in total. The number of amides is 3. The third-order valence-corrected chi connectivity index (χ3v) is 9.52. The van der Waals surface area contributed by atoms with E-state index in [0.29, 0.717) is 32.0 Å². The Morgan fingerprint density at radius 3 is 2.43 bits per heavy atom. The molecule has 12 nitrogen and oxygen atoms in total. The largest absolute Gasteiger partial charge is 0.479 e. The monoisotopic (exact) mass is 647 g/mol. The molecular weight excluding hydrogens is 602 g/mol. The van der Waals surface area contributed by atoms with Crippen molar-refractivity contribution in [1.82, 2.24) is 19.8 Å². The molecule has 1 aliphatic carbocycles. The van der Waals surface area contributed by atoms with Gasteiger partial charge in [-0.25, -0.2) is 9.78 Å². The van der Waals surface area contributed by atoms with Crippen molar-refractivity contribution in [1.29, 1.82) is 0 Å². The van der Waals surface area contributed by atoms with Gasteiger partial charge in [-0.3, -0.25) is 19.3 Å². The number of ether oxygens (including phenoxy) is 1. The fraction of sp³-hybridized carbons (Fsp3) is 0.514. The number of carbonyl (C=O) groups excluding carboxylic acids is 3. The number of nitrogens with two attached hydrogens (primary N) is 1. The molecule has 2 aliphatic rings. The first-order valence-electron chi connectivity index (χ1n) is 16.6. The number of morpholine rings is 1. The average molecular weight is 648 g/mol. The van der Waals surface area contributed by atoms with Crippen LogP contribution < -0.4 is 5.73 Å². The van der Waals surface area contributed by atoms with Gasteiger partial charge in [-0.1, -0.05) is 74.6 Å². The number of carbonyl (C=O) groups is 4. The number of imidazole rings is 1. The number of nitrogens with zero attached hydrogens (tertiary/aromatic N) is 3. The van der Waals surface area contributed by atoms with Crippen LogP contribution in [0.1, 0.15) is 56.2 Å². The van der Waals surface area contributed by atoms with Gasteiger partial charge in [0.1, 0.15) is 0 Å². The Morgan fingerprint density at radius 2 is 1.72 bits per heavy atom. The minimum Gasteiger partial charge on any atom is -0.479 e. The van der Waals surface area contributed by atoms with Crippen LogP contribution in [0.5, 0.6) is 0 Å². The Kier molecular flexibility index (Phi) is 11.7. The van der Waals surface area contributed by atoms with Crippen LogP contribution in [-0.4, -0.2) is 98.2 Å². The molecule has 3 amide bonds. The number of aromatic nitrogens is 2. The molecular formula is C35H45N5O7. The summed E-state index contributed by atoms with van der Waals surface area (Å²) in [5, 5.41) is 23.0. The van der Waals surface area contributed by atoms with Crippen molar-refractivity contribution >= 4 is 34.5 Å². The molecule has 5 rings (SSSR count). The standard InChI is InChI=1S/C35H45N5O7/c36-29(20-27-21-37-22-38-27)34(44)40(30(32(42)35(45)46)17-23-7-2-1-3-8-23)33(43)26(19-31(41)39-13-15-47-16-14-39)18-25-11-6-10-24-9-4-5-12-28(24)25/h4-6,9-12,21-23,26,29-30,32,42H,1-3,7-8,13-20,36H2,(H,37,38)(H,45,46)/t26-,29+,30+,32-/m1/s1. The maximum atomic E-state index is 14.9. The molecule has 1 saturated carbocycles. The van der Waals surface area contributed by atoms with E-state index in [1.54, 1.807) is 4.90 Å². The van der Waals surface area contributed by atoms with E-state index >= 15 is 0 Å². The summed E-state index contributed by atoms with van der Waals surface area (Å²) in [4.78, 5) is 64.6. The minimum atomic E-state index is -2.03. The zero-order valence-electron chi connectivity index (χ0n) is 26.6. The maximum Gasteiger partial charge on any atom is 0.334 e. The third-order valence-electron chi connectivity index (χ3n) is 9.52. The van der Waals surface area contributed by atoms with Gasteiger partial charge in [-0.2, -0.15) is 0 Å². The van der Waals surface area contributed by atoms with Gasteiger partial charge in [0.25, 0.3) is 0 Å². The van der Waals surface area contributed by atoms with Gasteiger partial charge < -0.3 is 30.6 Å². The number of carboxylic acid groups (broad SMARTS) is 1. The maximum absolute atomic E-state index is 14.9. The lowest BCUT2D eigenvalue weighted by atomic mass is 9.82. The second-order valence-electron chi connectivity index (χ2n) is 12.8. The summed E-state index contributed by atoms with van der Waals surface area (Å²) in [6.07, 6.45) is 5.54. The summed E-state index contributed by atoms with van der Waals surface area (Å²) in [6.45, 7) is 1.53. The topological polar surface area (TPSA) is 179 Å². The normalized spacial score (nSPS) is 18.3. The molecule has 2 heterocycles. The number of hydrogen-bond acceptors (Lipinski definition) is 8. The lowest BCUT2D eigenvalue weighted by molar-refractivity contribution is -0.162. The molecule has 0 spiro atoms. The number of fused-ring (bicyclic) bond motifs is 1. The van der Waals surface area contributed by atoms with E-state index in [4.69, 9.17) is 10.5 Å². The number of imide groups is 1. The molecule has 47 heavy (non-hydrogen) atoms. The van der Waals surface area contributed by atoms with Crippen LogP contribution in [0.15, 0.2) is 55.0 Å². The predicted molar refractivity (Wildman–Crippen MR) is 174 cm³/mol. The number of H-pyrrole nitrogens is 1. The van der Waals surface area contributed by atoms with E-state index in [-0.39, 0.29) is 37.5 Å². The number of aliphatic hydroxyl groups excluding tert-OH is 1. The second kappa shape index (κ2) is 16.1. The van der Waals surface area contributed by atoms with Crippen LogP contribution in [0.3, 0.4) is 0 Å². The predicted octanol–water partition coefficient (Wildman–Crippen LogP) is 2.68. The molecule has 2 fully saturated rings. The van der Waals surface area contributed by atoms with Crippen molar-refractivity contribution in [2.45, 2.75) is 76.0 Å². The molecule has 12 heteroatoms. The first kappa shape index (κ1) is 34.2. The number of aliphatic carboxylic acids is 1. The molecule has 4 atom stereocenters. The molecule has 2 aromatic carbocycles. The van der Waals surface area contributed by atoms with Crippen LogP contribution in [-0.2, 0) is 36.8 Å². The smallest absolute Gasteiger partial charge is 0.334 e. The number of carboxylic acids is 1. The number of nitrogens with one attached hydrogen (secondary N) is 1. The molecule has 0 radical (unpaired) electrons. The molecule has 0 bridgehead atoms. The van der Waals surface area contributed by atoms with E-state index in [9.17, 15) is 29.4 Å².